The van der Waals surface area contributed by atoms with Crippen molar-refractivity contribution in [1.29, 1.82) is 5.26 Å². The Balaban J connectivity index is 2.05. The normalized spacial score (nSPS) is 17.4. The zero-order valence-electron chi connectivity index (χ0n) is 9.45. The van der Waals surface area contributed by atoms with E-state index in [0.717, 1.165) is 5.82 Å². The fourth-order valence-electron chi connectivity index (χ4n) is 2.23. The molecule has 3 heteroatoms. The van der Waals surface area contributed by atoms with E-state index in [0.29, 0.717) is 11.6 Å². The lowest BCUT2D eigenvalue weighted by Crippen LogP contribution is -2.19. The van der Waals surface area contributed by atoms with Gasteiger partial charge < -0.3 is 5.32 Å². The number of hydrogen-bond acceptors (Lipinski definition) is 3. The van der Waals surface area contributed by atoms with E-state index in [1.807, 2.05) is 6.07 Å². The van der Waals surface area contributed by atoms with Gasteiger partial charge in [0, 0.05) is 12.2 Å². The molecule has 0 unspecified atom stereocenters. The number of aromatic nitrogens is 1. The highest BCUT2D eigenvalue weighted by molar-refractivity contribution is 5.51. The predicted molar refractivity (Wildman–Crippen MR) is 64.1 cm³/mol. The van der Waals surface area contributed by atoms with Crippen molar-refractivity contribution in [3.05, 3.63) is 23.9 Å². The molecule has 1 aromatic heterocycles. The van der Waals surface area contributed by atoms with E-state index in [1.54, 1.807) is 12.3 Å². The van der Waals surface area contributed by atoms with Crippen molar-refractivity contribution in [1.82, 2.24) is 4.98 Å². The van der Waals surface area contributed by atoms with E-state index in [2.05, 4.69) is 16.4 Å². The summed E-state index contributed by atoms with van der Waals surface area (Å²) in [5.74, 6) is 0.747. The van der Waals surface area contributed by atoms with Crippen molar-refractivity contribution >= 4 is 5.82 Å². The maximum atomic E-state index is 8.97. The Morgan fingerprint density at radius 3 is 2.69 bits per heavy atom. The molecule has 0 saturated heterocycles. The second-order valence-corrected chi connectivity index (χ2v) is 4.34. The van der Waals surface area contributed by atoms with E-state index < -0.39 is 0 Å². The lowest BCUT2D eigenvalue weighted by atomic mass is 10.1. The van der Waals surface area contributed by atoms with Crippen LogP contribution in [0.5, 0.6) is 0 Å². The van der Waals surface area contributed by atoms with Gasteiger partial charge in [0.05, 0.1) is 5.56 Å². The fourth-order valence-corrected chi connectivity index (χ4v) is 2.23. The van der Waals surface area contributed by atoms with Gasteiger partial charge in [0.2, 0.25) is 0 Å². The molecule has 1 aromatic rings. The molecule has 0 aromatic carbocycles. The first-order valence-corrected chi connectivity index (χ1v) is 6.02. The Labute approximate surface area is 96.5 Å². The van der Waals surface area contributed by atoms with Crippen molar-refractivity contribution in [3.8, 4) is 6.07 Å². The molecule has 0 spiro atoms. The Bertz CT molecular complexity index is 373. The summed E-state index contributed by atoms with van der Waals surface area (Å²) in [6.45, 7) is 0. The highest BCUT2D eigenvalue weighted by atomic mass is 15.0. The number of hydrogen-bond donors (Lipinski definition) is 1. The second kappa shape index (κ2) is 5.50. The zero-order valence-corrected chi connectivity index (χ0v) is 9.45. The van der Waals surface area contributed by atoms with Crippen LogP contribution in [-0.4, -0.2) is 11.0 Å². The van der Waals surface area contributed by atoms with Crippen LogP contribution < -0.4 is 5.32 Å². The predicted octanol–water partition coefficient (Wildman–Crippen LogP) is 3.09. The molecular formula is C13H17N3. The lowest BCUT2D eigenvalue weighted by Gasteiger charge is -2.17. The van der Waals surface area contributed by atoms with Crippen LogP contribution in [0.1, 0.15) is 44.1 Å². The third-order valence-corrected chi connectivity index (χ3v) is 3.12. The topological polar surface area (TPSA) is 48.7 Å². The Kier molecular flexibility index (Phi) is 3.76. The standard InChI is InChI=1S/C13H17N3/c14-10-11-6-5-9-15-13(11)16-12-7-3-1-2-4-8-12/h5-6,9,12H,1-4,7-8H2,(H,15,16). The van der Waals surface area contributed by atoms with Crippen LogP contribution in [-0.2, 0) is 0 Å². The molecular weight excluding hydrogens is 198 g/mol. The van der Waals surface area contributed by atoms with E-state index in [1.165, 1.54) is 38.5 Å². The Morgan fingerprint density at radius 2 is 2.00 bits per heavy atom. The van der Waals surface area contributed by atoms with Gasteiger partial charge >= 0.3 is 0 Å². The molecule has 1 heterocycles. The number of pyridine rings is 1. The van der Waals surface area contributed by atoms with Crippen LogP contribution in [0.15, 0.2) is 18.3 Å². The quantitative estimate of drug-likeness (QED) is 0.771. The monoisotopic (exact) mass is 215 g/mol. The summed E-state index contributed by atoms with van der Waals surface area (Å²) in [5.41, 5.74) is 0.645. The van der Waals surface area contributed by atoms with Gasteiger partial charge in [-0.3, -0.25) is 0 Å². The van der Waals surface area contributed by atoms with Gasteiger partial charge in [-0.15, -0.1) is 0 Å². The van der Waals surface area contributed by atoms with E-state index in [-0.39, 0.29) is 0 Å². The van der Waals surface area contributed by atoms with E-state index >= 15 is 0 Å². The molecule has 84 valence electrons. The van der Waals surface area contributed by atoms with Crippen LogP contribution in [0.4, 0.5) is 5.82 Å². The van der Waals surface area contributed by atoms with Gasteiger partial charge in [0.25, 0.3) is 0 Å². The van der Waals surface area contributed by atoms with Crippen LogP contribution in [0.3, 0.4) is 0 Å². The Morgan fingerprint density at radius 1 is 1.25 bits per heavy atom. The average Bonchev–Trinajstić information content (AvgIpc) is 2.58. The minimum absolute atomic E-state index is 0.490. The summed E-state index contributed by atoms with van der Waals surface area (Å²) < 4.78 is 0. The first-order valence-electron chi connectivity index (χ1n) is 6.02. The molecule has 1 N–H and O–H groups in total. The second-order valence-electron chi connectivity index (χ2n) is 4.34. The van der Waals surface area contributed by atoms with Crippen molar-refractivity contribution in [2.45, 2.75) is 44.6 Å². The third kappa shape index (κ3) is 2.73. The smallest absolute Gasteiger partial charge is 0.144 e. The number of anilines is 1. The van der Waals surface area contributed by atoms with E-state index in [9.17, 15) is 0 Å². The minimum atomic E-state index is 0.490. The van der Waals surface area contributed by atoms with Gasteiger partial charge in [-0.25, -0.2) is 4.98 Å². The van der Waals surface area contributed by atoms with Gasteiger partial charge in [-0.05, 0) is 25.0 Å². The molecule has 1 saturated carbocycles. The lowest BCUT2D eigenvalue weighted by molar-refractivity contribution is 0.617. The molecule has 0 bridgehead atoms. The van der Waals surface area contributed by atoms with Gasteiger partial charge in [-0.2, -0.15) is 5.26 Å². The molecule has 1 aliphatic carbocycles. The van der Waals surface area contributed by atoms with Crippen molar-refractivity contribution < 1.29 is 0 Å². The summed E-state index contributed by atoms with van der Waals surface area (Å²) in [5, 5.41) is 12.4. The molecule has 16 heavy (non-hydrogen) atoms. The Hall–Kier alpha value is -1.56. The molecule has 0 aliphatic heterocycles. The molecule has 1 fully saturated rings. The first-order chi connectivity index (χ1) is 7.90. The molecule has 0 atom stereocenters. The number of nitriles is 1. The molecule has 1 aliphatic rings. The summed E-state index contributed by atoms with van der Waals surface area (Å²) in [6.07, 6.45) is 9.37. The summed E-state index contributed by atoms with van der Waals surface area (Å²) in [6, 6.07) is 6.28. The molecule has 3 nitrogen and oxygen atoms in total. The van der Waals surface area contributed by atoms with Gasteiger partial charge in [0.1, 0.15) is 11.9 Å². The summed E-state index contributed by atoms with van der Waals surface area (Å²) in [4.78, 5) is 4.24. The van der Waals surface area contributed by atoms with Crippen molar-refractivity contribution in [2.75, 3.05) is 5.32 Å². The number of nitrogens with zero attached hydrogens (tertiary/aromatic N) is 2. The fraction of sp³-hybridized carbons (Fsp3) is 0.538. The maximum Gasteiger partial charge on any atom is 0.144 e. The minimum Gasteiger partial charge on any atom is -0.366 e. The largest absolute Gasteiger partial charge is 0.366 e. The zero-order chi connectivity index (χ0) is 11.2. The van der Waals surface area contributed by atoms with Gasteiger partial charge in [0.15, 0.2) is 0 Å². The van der Waals surface area contributed by atoms with Gasteiger partial charge in [-0.1, -0.05) is 25.7 Å². The summed E-state index contributed by atoms with van der Waals surface area (Å²) in [7, 11) is 0. The van der Waals surface area contributed by atoms with Crippen LogP contribution in [0.2, 0.25) is 0 Å². The maximum absolute atomic E-state index is 8.97. The third-order valence-electron chi connectivity index (χ3n) is 3.12. The van der Waals surface area contributed by atoms with Crippen molar-refractivity contribution in [3.63, 3.8) is 0 Å². The highest BCUT2D eigenvalue weighted by Crippen LogP contribution is 2.21. The summed E-state index contributed by atoms with van der Waals surface area (Å²) >= 11 is 0. The SMILES string of the molecule is N#Cc1cccnc1NC1CCCCCC1. The highest BCUT2D eigenvalue weighted by Gasteiger charge is 2.13. The van der Waals surface area contributed by atoms with E-state index in [4.69, 9.17) is 5.26 Å². The molecule has 2 rings (SSSR count). The first kappa shape index (κ1) is 10.9. The number of nitrogens with one attached hydrogen (secondary N) is 1. The average molecular weight is 215 g/mol. The number of rotatable bonds is 2. The van der Waals surface area contributed by atoms with Crippen LogP contribution in [0, 0.1) is 11.3 Å². The molecule has 0 amide bonds. The van der Waals surface area contributed by atoms with Crippen LogP contribution in [0.25, 0.3) is 0 Å². The van der Waals surface area contributed by atoms with Crippen molar-refractivity contribution in [2.24, 2.45) is 0 Å². The van der Waals surface area contributed by atoms with Crippen LogP contribution >= 0.6 is 0 Å². The molecule has 0 radical (unpaired) electrons.